The van der Waals surface area contributed by atoms with Gasteiger partial charge < -0.3 is 14.4 Å². The van der Waals surface area contributed by atoms with E-state index in [1.807, 2.05) is 0 Å². The molecule has 0 saturated carbocycles. The molecule has 0 aliphatic carbocycles. The molecule has 12 heteroatoms. The number of aromatic nitrogens is 1. The third-order valence-electron chi connectivity index (χ3n) is 5.94. The molecular weight excluding hydrogens is 516 g/mol. The van der Waals surface area contributed by atoms with Gasteiger partial charge in [-0.2, -0.15) is 18.3 Å². The summed E-state index contributed by atoms with van der Waals surface area (Å²) < 4.78 is 61.9. The number of halogens is 5. The van der Waals surface area contributed by atoms with Crippen molar-refractivity contribution in [3.05, 3.63) is 59.0 Å². The number of nitrogens with zero attached hydrogens (tertiary/aromatic N) is 4. The lowest BCUT2D eigenvalue weighted by Gasteiger charge is -2.24. The molecule has 0 fully saturated rings. The molecule has 0 aliphatic rings. The molecule has 1 aromatic heterocycles. The fraction of sp³-hybridized carbons (Fsp3) is 0.360. The van der Waals surface area contributed by atoms with Crippen molar-refractivity contribution >= 4 is 40.4 Å². The maximum atomic E-state index is 14.7. The number of carbonyl (C=O) groups excluding carboxylic acids is 1. The highest BCUT2D eigenvalue weighted by molar-refractivity contribution is 6.31. The summed E-state index contributed by atoms with van der Waals surface area (Å²) in [5.41, 5.74) is 0.817. The molecule has 37 heavy (non-hydrogen) atoms. The monoisotopic (exact) mass is 542 g/mol. The average Bonchev–Trinajstić information content (AvgIpc) is 3.27. The molecule has 0 spiro atoms. The van der Waals surface area contributed by atoms with E-state index in [-0.39, 0.29) is 28.7 Å². The zero-order valence-corrected chi connectivity index (χ0v) is 21.4. The molecule has 3 aromatic rings. The number of alkyl halides is 3. The Morgan fingerprint density at radius 2 is 1.97 bits per heavy atom. The summed E-state index contributed by atoms with van der Waals surface area (Å²) in [4.78, 5) is 12.5. The van der Waals surface area contributed by atoms with E-state index in [9.17, 15) is 27.5 Å². The number of amides is 1. The van der Waals surface area contributed by atoms with Crippen LogP contribution >= 0.6 is 11.6 Å². The number of carbonyl (C=O) groups is 1. The van der Waals surface area contributed by atoms with Gasteiger partial charge in [-0.15, -0.1) is 0 Å². The first-order chi connectivity index (χ1) is 17.4. The Hall–Kier alpha value is -3.31. The van der Waals surface area contributed by atoms with Crippen molar-refractivity contribution in [2.45, 2.75) is 39.1 Å². The smallest absolute Gasteiger partial charge is 0.425 e. The summed E-state index contributed by atoms with van der Waals surface area (Å²) in [6.45, 7) is 3.98. The van der Waals surface area contributed by atoms with Crippen molar-refractivity contribution in [2.75, 3.05) is 25.2 Å². The largest absolute Gasteiger partial charge is 0.479 e. The Balaban J connectivity index is 2.18. The highest BCUT2D eigenvalue weighted by Gasteiger charge is 2.38. The molecule has 2 atom stereocenters. The lowest BCUT2D eigenvalue weighted by molar-refractivity contribution is -0.189. The van der Waals surface area contributed by atoms with Gasteiger partial charge in [0.15, 0.2) is 11.9 Å². The minimum atomic E-state index is -4.64. The summed E-state index contributed by atoms with van der Waals surface area (Å²) in [6.07, 6.45) is -4.66. The molecule has 0 bridgehead atoms. The Labute approximate surface area is 216 Å². The van der Waals surface area contributed by atoms with E-state index in [0.29, 0.717) is 23.0 Å². The van der Waals surface area contributed by atoms with Crippen LogP contribution in [0.25, 0.3) is 10.9 Å². The maximum absolute atomic E-state index is 14.7. The molecule has 1 N–H and O–H groups in total. The fourth-order valence-electron chi connectivity index (χ4n) is 3.89. The van der Waals surface area contributed by atoms with Crippen LogP contribution in [-0.2, 0) is 4.79 Å². The molecule has 3 rings (SSSR count). The van der Waals surface area contributed by atoms with Gasteiger partial charge in [0.1, 0.15) is 18.2 Å². The predicted molar refractivity (Wildman–Crippen MR) is 135 cm³/mol. The van der Waals surface area contributed by atoms with E-state index in [1.165, 1.54) is 41.2 Å². The molecule has 0 saturated heterocycles. The van der Waals surface area contributed by atoms with E-state index in [1.54, 1.807) is 36.7 Å². The standard InChI is InChI=1S/C25H27ClF4N4O3/c1-5-33(14-36)22(13-35)31-32(4)18-11-17-9-10-34(15(2)23-19(26)7-6-8-20(23)27)24(17)21(12-18)37-16(3)25(28,29)30/h6-12,14-16,35H,5,13H2,1-4H3/b31-22-. The van der Waals surface area contributed by atoms with Crippen LogP contribution in [0, 0.1) is 5.82 Å². The first kappa shape index (κ1) is 28.3. The van der Waals surface area contributed by atoms with Crippen molar-refractivity contribution in [3.8, 4) is 5.75 Å². The molecule has 1 heterocycles. The summed E-state index contributed by atoms with van der Waals surface area (Å²) >= 11 is 6.25. The molecule has 2 unspecified atom stereocenters. The van der Waals surface area contributed by atoms with Crippen LogP contribution in [0.4, 0.5) is 23.2 Å². The van der Waals surface area contributed by atoms with E-state index >= 15 is 0 Å². The summed E-state index contributed by atoms with van der Waals surface area (Å²) in [5.74, 6) is -0.616. The molecule has 200 valence electrons. The number of fused-ring (bicyclic) bond motifs is 1. The van der Waals surface area contributed by atoms with Crippen LogP contribution in [0.2, 0.25) is 5.02 Å². The van der Waals surface area contributed by atoms with Gasteiger partial charge in [0.05, 0.1) is 17.2 Å². The molecule has 0 aliphatic heterocycles. The number of ether oxygens (including phenoxy) is 1. The van der Waals surface area contributed by atoms with E-state index in [4.69, 9.17) is 16.3 Å². The Kier molecular flexibility index (Phi) is 8.70. The number of hydrogen-bond donors (Lipinski definition) is 1. The Morgan fingerprint density at radius 3 is 2.54 bits per heavy atom. The Morgan fingerprint density at radius 1 is 1.27 bits per heavy atom. The quantitative estimate of drug-likeness (QED) is 0.126. The van der Waals surface area contributed by atoms with E-state index in [0.717, 1.165) is 6.92 Å². The number of amidine groups is 1. The summed E-state index contributed by atoms with van der Waals surface area (Å²) in [6, 6.07) is 8.26. The SMILES string of the molecule is CCN(C=O)/C(CO)=N\N(C)c1cc(OC(C)C(F)(F)F)c2c(ccn2C(C)c2c(F)cccc2Cl)c1. The van der Waals surface area contributed by atoms with Gasteiger partial charge in [-0.1, -0.05) is 17.7 Å². The molecule has 7 nitrogen and oxygen atoms in total. The first-order valence-electron chi connectivity index (χ1n) is 11.4. The predicted octanol–water partition coefficient (Wildman–Crippen LogP) is 5.59. The Bertz CT molecular complexity index is 1270. The van der Waals surface area contributed by atoms with Gasteiger partial charge in [-0.05, 0) is 45.0 Å². The van der Waals surface area contributed by atoms with Crippen LogP contribution < -0.4 is 9.75 Å². The van der Waals surface area contributed by atoms with Crippen molar-refractivity contribution in [2.24, 2.45) is 5.10 Å². The molecule has 0 radical (unpaired) electrons. The van der Waals surface area contributed by atoms with Crippen molar-refractivity contribution < 1.29 is 32.2 Å². The molecule has 1 amide bonds. The summed E-state index contributed by atoms with van der Waals surface area (Å²) in [7, 11) is 1.52. The second kappa shape index (κ2) is 11.4. The van der Waals surface area contributed by atoms with Gasteiger partial charge >= 0.3 is 6.18 Å². The van der Waals surface area contributed by atoms with Gasteiger partial charge in [0.25, 0.3) is 0 Å². The van der Waals surface area contributed by atoms with E-state index < -0.39 is 30.7 Å². The van der Waals surface area contributed by atoms with Crippen LogP contribution in [0.5, 0.6) is 5.75 Å². The minimum absolute atomic E-state index is 0.0478. The topological polar surface area (TPSA) is 70.3 Å². The number of benzene rings is 2. The first-order valence-corrected chi connectivity index (χ1v) is 11.8. The second-order valence-corrected chi connectivity index (χ2v) is 8.71. The number of likely N-dealkylation sites (N-methyl/N-ethyl adjacent to an activating group) is 1. The highest BCUT2D eigenvalue weighted by Crippen LogP contribution is 2.39. The van der Waals surface area contributed by atoms with Gasteiger partial charge in [0, 0.05) is 41.8 Å². The lowest BCUT2D eigenvalue weighted by atomic mass is 10.1. The molecular formula is C25H27ClF4N4O3. The number of rotatable bonds is 9. The maximum Gasteiger partial charge on any atom is 0.425 e. The van der Waals surface area contributed by atoms with Gasteiger partial charge in [0.2, 0.25) is 6.41 Å². The highest BCUT2D eigenvalue weighted by atomic mass is 35.5. The molecule has 2 aromatic carbocycles. The average molecular weight is 543 g/mol. The van der Waals surface area contributed by atoms with E-state index in [2.05, 4.69) is 5.10 Å². The van der Waals surface area contributed by atoms with Crippen molar-refractivity contribution in [1.29, 1.82) is 0 Å². The third kappa shape index (κ3) is 5.99. The van der Waals surface area contributed by atoms with Gasteiger partial charge in [-0.3, -0.25) is 14.7 Å². The third-order valence-corrected chi connectivity index (χ3v) is 6.27. The number of aliphatic hydroxyl groups excluding tert-OH is 1. The second-order valence-electron chi connectivity index (χ2n) is 8.31. The zero-order chi connectivity index (χ0) is 27.5. The zero-order valence-electron chi connectivity index (χ0n) is 20.6. The number of aliphatic hydroxyl groups is 1. The van der Waals surface area contributed by atoms with Crippen LogP contribution in [0.3, 0.4) is 0 Å². The van der Waals surface area contributed by atoms with Crippen molar-refractivity contribution in [3.63, 3.8) is 0 Å². The number of anilines is 1. The van der Waals surface area contributed by atoms with Gasteiger partial charge in [-0.25, -0.2) is 4.39 Å². The number of hydrogen-bond acceptors (Lipinski definition) is 5. The normalized spacial score (nSPS) is 13.9. The minimum Gasteiger partial charge on any atom is -0.479 e. The van der Waals surface area contributed by atoms with Crippen molar-refractivity contribution in [1.82, 2.24) is 9.47 Å². The lowest BCUT2D eigenvalue weighted by Crippen LogP contribution is -2.34. The van der Waals surface area contributed by atoms with Crippen LogP contribution in [-0.4, -0.2) is 59.3 Å². The number of hydrazone groups is 1. The summed E-state index contributed by atoms with van der Waals surface area (Å²) in [5, 5.41) is 15.9. The van der Waals surface area contributed by atoms with Crippen LogP contribution in [0.15, 0.2) is 47.7 Å². The van der Waals surface area contributed by atoms with Crippen LogP contribution in [0.1, 0.15) is 32.4 Å². The fourth-order valence-corrected chi connectivity index (χ4v) is 4.21.